The highest BCUT2D eigenvalue weighted by Gasteiger charge is 2.28. The first-order valence-electron chi connectivity index (χ1n) is 5.95. The highest BCUT2D eigenvalue weighted by atomic mass is 16.3. The maximum absolute atomic E-state index is 11.4. The number of carbonyl (C=O) groups is 1. The predicted octanol–water partition coefficient (Wildman–Crippen LogP) is -0.295. The largest absolute Gasteiger partial charge is 0.396 e. The Morgan fingerprint density at radius 2 is 2.06 bits per heavy atom. The van der Waals surface area contributed by atoms with Gasteiger partial charge in [0.25, 0.3) is 0 Å². The summed E-state index contributed by atoms with van der Waals surface area (Å²) in [6.07, 6.45) is 2.02. The SMILES string of the molecule is CC(C(=O)NN)C(C)N1CCC(CO)CC1. The molecule has 1 aliphatic heterocycles. The number of rotatable bonds is 4. The zero-order valence-corrected chi connectivity index (χ0v) is 10.1. The third-order valence-electron chi connectivity index (χ3n) is 3.76. The van der Waals surface area contributed by atoms with E-state index in [-0.39, 0.29) is 24.5 Å². The molecule has 0 aromatic heterocycles. The van der Waals surface area contributed by atoms with Gasteiger partial charge in [0.1, 0.15) is 0 Å². The lowest BCUT2D eigenvalue weighted by atomic mass is 9.93. The molecule has 94 valence electrons. The molecule has 1 fully saturated rings. The number of piperidine rings is 1. The summed E-state index contributed by atoms with van der Waals surface area (Å²) in [4.78, 5) is 13.7. The van der Waals surface area contributed by atoms with Gasteiger partial charge in [0.2, 0.25) is 5.91 Å². The molecule has 0 radical (unpaired) electrons. The zero-order valence-electron chi connectivity index (χ0n) is 10.1. The van der Waals surface area contributed by atoms with Gasteiger partial charge in [0.15, 0.2) is 0 Å². The van der Waals surface area contributed by atoms with E-state index in [0.29, 0.717) is 5.92 Å². The van der Waals surface area contributed by atoms with Crippen molar-refractivity contribution in [3.63, 3.8) is 0 Å². The standard InChI is InChI=1S/C11H23N3O2/c1-8(11(16)13-12)9(2)14-5-3-10(7-15)4-6-14/h8-10,15H,3-7,12H2,1-2H3,(H,13,16). The first kappa shape index (κ1) is 13.4. The fraction of sp³-hybridized carbons (Fsp3) is 0.909. The van der Waals surface area contributed by atoms with Gasteiger partial charge in [0, 0.05) is 12.6 Å². The molecule has 0 aliphatic carbocycles. The number of hydrogen-bond acceptors (Lipinski definition) is 4. The van der Waals surface area contributed by atoms with Crippen molar-refractivity contribution in [1.82, 2.24) is 10.3 Å². The second-order valence-corrected chi connectivity index (χ2v) is 4.70. The molecular formula is C11H23N3O2. The Bertz CT molecular complexity index is 227. The Labute approximate surface area is 97.0 Å². The molecule has 1 aliphatic rings. The number of aliphatic hydroxyl groups excluding tert-OH is 1. The number of carbonyl (C=O) groups excluding carboxylic acids is 1. The van der Waals surface area contributed by atoms with Gasteiger partial charge in [-0.2, -0.15) is 0 Å². The van der Waals surface area contributed by atoms with E-state index in [9.17, 15) is 4.79 Å². The average Bonchev–Trinajstić information content (AvgIpc) is 2.36. The topological polar surface area (TPSA) is 78.6 Å². The molecule has 1 heterocycles. The molecule has 0 bridgehead atoms. The molecule has 5 nitrogen and oxygen atoms in total. The summed E-state index contributed by atoms with van der Waals surface area (Å²) in [6, 6.07) is 0.197. The van der Waals surface area contributed by atoms with E-state index in [1.807, 2.05) is 6.92 Å². The monoisotopic (exact) mass is 229 g/mol. The third-order valence-corrected chi connectivity index (χ3v) is 3.76. The average molecular weight is 229 g/mol. The van der Waals surface area contributed by atoms with Crippen LogP contribution in [0.1, 0.15) is 26.7 Å². The first-order valence-corrected chi connectivity index (χ1v) is 5.95. The summed E-state index contributed by atoms with van der Waals surface area (Å²) < 4.78 is 0. The molecule has 0 spiro atoms. The minimum Gasteiger partial charge on any atom is -0.396 e. The van der Waals surface area contributed by atoms with Crippen LogP contribution < -0.4 is 11.3 Å². The van der Waals surface area contributed by atoms with Crippen LogP contribution in [0.15, 0.2) is 0 Å². The number of nitrogens with zero attached hydrogens (tertiary/aromatic N) is 1. The van der Waals surface area contributed by atoms with Crippen molar-refractivity contribution in [3.05, 3.63) is 0 Å². The van der Waals surface area contributed by atoms with Gasteiger partial charge in [-0.1, -0.05) is 6.92 Å². The number of nitrogens with two attached hydrogens (primary N) is 1. The number of amides is 1. The summed E-state index contributed by atoms with van der Waals surface area (Å²) in [5, 5.41) is 9.05. The fourth-order valence-corrected chi connectivity index (χ4v) is 2.21. The van der Waals surface area contributed by atoms with Gasteiger partial charge in [-0.15, -0.1) is 0 Å². The Hall–Kier alpha value is -0.650. The van der Waals surface area contributed by atoms with Crippen molar-refractivity contribution in [1.29, 1.82) is 0 Å². The van der Waals surface area contributed by atoms with Crippen LogP contribution in [0, 0.1) is 11.8 Å². The van der Waals surface area contributed by atoms with E-state index in [2.05, 4.69) is 17.2 Å². The van der Waals surface area contributed by atoms with Crippen molar-refractivity contribution in [2.24, 2.45) is 17.7 Å². The molecular weight excluding hydrogens is 206 g/mol. The quantitative estimate of drug-likeness (QED) is 0.351. The van der Waals surface area contributed by atoms with E-state index < -0.39 is 0 Å². The Balaban J connectivity index is 2.43. The molecule has 1 amide bonds. The summed E-state index contributed by atoms with van der Waals surface area (Å²) in [5.41, 5.74) is 2.20. The highest BCUT2D eigenvalue weighted by Crippen LogP contribution is 2.21. The van der Waals surface area contributed by atoms with Crippen LogP contribution in [-0.4, -0.2) is 41.7 Å². The van der Waals surface area contributed by atoms with Crippen molar-refractivity contribution >= 4 is 5.91 Å². The Morgan fingerprint density at radius 3 is 2.50 bits per heavy atom. The van der Waals surface area contributed by atoms with Gasteiger partial charge < -0.3 is 5.11 Å². The molecule has 2 unspecified atom stereocenters. The highest BCUT2D eigenvalue weighted by molar-refractivity contribution is 5.78. The van der Waals surface area contributed by atoms with E-state index in [4.69, 9.17) is 10.9 Å². The minimum absolute atomic E-state index is 0.101. The summed E-state index contributed by atoms with van der Waals surface area (Å²) in [7, 11) is 0. The number of hydrogen-bond donors (Lipinski definition) is 3. The second kappa shape index (κ2) is 6.18. The van der Waals surface area contributed by atoms with Crippen LogP contribution in [0.25, 0.3) is 0 Å². The smallest absolute Gasteiger partial charge is 0.238 e. The van der Waals surface area contributed by atoms with E-state index in [0.717, 1.165) is 25.9 Å². The molecule has 5 heteroatoms. The van der Waals surface area contributed by atoms with E-state index >= 15 is 0 Å². The number of nitrogens with one attached hydrogen (secondary N) is 1. The lowest BCUT2D eigenvalue weighted by Gasteiger charge is -2.37. The zero-order chi connectivity index (χ0) is 12.1. The number of aliphatic hydroxyl groups is 1. The number of likely N-dealkylation sites (tertiary alicyclic amines) is 1. The van der Waals surface area contributed by atoms with Gasteiger partial charge in [-0.25, -0.2) is 5.84 Å². The Kier molecular flexibility index (Phi) is 5.18. The van der Waals surface area contributed by atoms with Crippen molar-refractivity contribution in [3.8, 4) is 0 Å². The van der Waals surface area contributed by atoms with E-state index in [1.165, 1.54) is 0 Å². The normalized spacial score (nSPS) is 22.8. The maximum Gasteiger partial charge on any atom is 0.238 e. The van der Waals surface area contributed by atoms with Crippen LogP contribution in [0.5, 0.6) is 0 Å². The molecule has 16 heavy (non-hydrogen) atoms. The molecule has 0 aromatic carbocycles. The lowest BCUT2D eigenvalue weighted by molar-refractivity contribution is -0.126. The van der Waals surface area contributed by atoms with Gasteiger partial charge in [-0.05, 0) is 38.8 Å². The third kappa shape index (κ3) is 3.17. The van der Waals surface area contributed by atoms with Crippen molar-refractivity contribution < 1.29 is 9.90 Å². The van der Waals surface area contributed by atoms with Crippen LogP contribution in [-0.2, 0) is 4.79 Å². The molecule has 0 aromatic rings. The fourth-order valence-electron chi connectivity index (χ4n) is 2.21. The molecule has 1 saturated heterocycles. The second-order valence-electron chi connectivity index (χ2n) is 4.70. The van der Waals surface area contributed by atoms with Crippen LogP contribution >= 0.6 is 0 Å². The Morgan fingerprint density at radius 1 is 1.50 bits per heavy atom. The summed E-state index contributed by atoms with van der Waals surface area (Å²) in [5.74, 6) is 5.35. The predicted molar refractivity (Wildman–Crippen MR) is 62.3 cm³/mol. The van der Waals surface area contributed by atoms with Crippen LogP contribution in [0.4, 0.5) is 0 Å². The minimum atomic E-state index is -0.114. The van der Waals surface area contributed by atoms with Crippen molar-refractivity contribution in [2.75, 3.05) is 19.7 Å². The molecule has 4 N–H and O–H groups in total. The van der Waals surface area contributed by atoms with Crippen LogP contribution in [0.3, 0.4) is 0 Å². The van der Waals surface area contributed by atoms with Gasteiger partial charge >= 0.3 is 0 Å². The number of hydrazine groups is 1. The lowest BCUT2D eigenvalue weighted by Crippen LogP contribution is -2.48. The summed E-state index contributed by atoms with van der Waals surface area (Å²) >= 11 is 0. The van der Waals surface area contributed by atoms with Gasteiger partial charge in [-0.3, -0.25) is 15.1 Å². The maximum atomic E-state index is 11.4. The molecule has 0 saturated carbocycles. The van der Waals surface area contributed by atoms with Gasteiger partial charge in [0.05, 0.1) is 5.92 Å². The van der Waals surface area contributed by atoms with E-state index in [1.54, 1.807) is 0 Å². The molecule has 1 rings (SSSR count). The van der Waals surface area contributed by atoms with Crippen molar-refractivity contribution in [2.45, 2.75) is 32.7 Å². The first-order chi connectivity index (χ1) is 7.60. The molecule has 2 atom stereocenters. The van der Waals surface area contributed by atoms with Crippen LogP contribution in [0.2, 0.25) is 0 Å². The summed E-state index contributed by atoms with van der Waals surface area (Å²) in [6.45, 7) is 6.13.